The molecule has 23 heavy (non-hydrogen) atoms. The topological polar surface area (TPSA) is 76.1 Å². The lowest BCUT2D eigenvalue weighted by Crippen LogP contribution is -2.32. The van der Waals surface area contributed by atoms with Crippen LogP contribution in [0.2, 0.25) is 5.02 Å². The van der Waals surface area contributed by atoms with Gasteiger partial charge in [-0.1, -0.05) is 17.7 Å². The van der Waals surface area contributed by atoms with Gasteiger partial charge in [-0.05, 0) is 43.2 Å². The molecule has 0 saturated carbocycles. The number of rotatable bonds is 5. The minimum atomic E-state index is -0.248. The van der Waals surface area contributed by atoms with Crippen LogP contribution in [-0.2, 0) is 4.74 Å². The fraction of sp³-hybridized carbons (Fsp3) is 0.312. The van der Waals surface area contributed by atoms with Crippen LogP contribution in [0.25, 0.3) is 0 Å². The van der Waals surface area contributed by atoms with Crippen molar-refractivity contribution in [3.05, 3.63) is 47.1 Å². The number of carbonyl (C=O) groups is 1. The second-order valence-electron chi connectivity index (χ2n) is 5.28. The van der Waals surface area contributed by atoms with Gasteiger partial charge in [0.1, 0.15) is 0 Å². The first-order chi connectivity index (χ1) is 11.2. The number of amides is 1. The van der Waals surface area contributed by atoms with E-state index in [1.54, 1.807) is 24.3 Å². The average Bonchev–Trinajstić information content (AvgIpc) is 3.07. The molecule has 1 amide bonds. The van der Waals surface area contributed by atoms with Crippen LogP contribution in [0.1, 0.15) is 23.3 Å². The summed E-state index contributed by atoms with van der Waals surface area (Å²) in [5.74, 6) is 0.297. The molecule has 1 aliphatic rings. The predicted octanol–water partition coefficient (Wildman–Crippen LogP) is 2.78. The van der Waals surface area contributed by atoms with E-state index in [0.717, 1.165) is 25.1 Å². The van der Waals surface area contributed by atoms with Crippen LogP contribution < -0.4 is 10.6 Å². The van der Waals surface area contributed by atoms with Gasteiger partial charge in [0.2, 0.25) is 0 Å². The van der Waals surface area contributed by atoms with Crippen molar-refractivity contribution in [2.75, 3.05) is 18.5 Å². The molecule has 0 aliphatic carbocycles. The number of nitrogens with one attached hydrogen (secondary N) is 2. The summed E-state index contributed by atoms with van der Waals surface area (Å²) >= 11 is 5.93. The van der Waals surface area contributed by atoms with E-state index < -0.39 is 0 Å². The van der Waals surface area contributed by atoms with Gasteiger partial charge in [0.25, 0.3) is 5.91 Å². The summed E-state index contributed by atoms with van der Waals surface area (Å²) in [4.78, 5) is 12.0. The molecular formula is C16H17ClN4O2. The van der Waals surface area contributed by atoms with Crippen LogP contribution in [0.4, 0.5) is 11.5 Å². The molecule has 2 heterocycles. The van der Waals surface area contributed by atoms with Gasteiger partial charge in [-0.25, -0.2) is 0 Å². The van der Waals surface area contributed by atoms with Crippen molar-refractivity contribution < 1.29 is 9.53 Å². The smallest absolute Gasteiger partial charge is 0.271 e. The molecule has 1 atom stereocenters. The quantitative estimate of drug-likeness (QED) is 0.880. The van der Waals surface area contributed by atoms with Crippen LogP contribution in [0.15, 0.2) is 36.4 Å². The van der Waals surface area contributed by atoms with E-state index in [2.05, 4.69) is 20.8 Å². The maximum atomic E-state index is 12.0. The second kappa shape index (κ2) is 7.39. The molecule has 1 aliphatic heterocycles. The monoisotopic (exact) mass is 332 g/mol. The predicted molar refractivity (Wildman–Crippen MR) is 88.1 cm³/mol. The number of carbonyl (C=O) groups excluding carboxylic acids is 1. The number of ether oxygens (including phenoxy) is 1. The van der Waals surface area contributed by atoms with Crippen molar-refractivity contribution in [3.8, 4) is 0 Å². The van der Waals surface area contributed by atoms with Gasteiger partial charge in [0, 0.05) is 23.9 Å². The zero-order valence-corrected chi connectivity index (χ0v) is 13.2. The molecule has 6 nitrogen and oxygen atoms in total. The Kier molecular flexibility index (Phi) is 5.05. The lowest BCUT2D eigenvalue weighted by molar-refractivity contribution is 0.0853. The summed E-state index contributed by atoms with van der Waals surface area (Å²) in [6, 6.07) is 10.6. The SMILES string of the molecule is O=C(NCC1CCCO1)c1ccc(Nc2cccc(Cl)c2)nn1. The lowest BCUT2D eigenvalue weighted by atomic mass is 10.2. The van der Waals surface area contributed by atoms with E-state index in [1.807, 2.05) is 12.1 Å². The molecule has 1 unspecified atom stereocenters. The fourth-order valence-electron chi connectivity index (χ4n) is 2.34. The normalized spacial score (nSPS) is 17.0. The average molecular weight is 333 g/mol. The zero-order valence-electron chi connectivity index (χ0n) is 12.5. The Morgan fingerprint density at radius 2 is 2.22 bits per heavy atom. The fourth-order valence-corrected chi connectivity index (χ4v) is 2.53. The van der Waals surface area contributed by atoms with Crippen LogP contribution >= 0.6 is 11.6 Å². The number of halogens is 1. The van der Waals surface area contributed by atoms with Gasteiger partial charge in [0.05, 0.1) is 6.10 Å². The number of hydrogen-bond acceptors (Lipinski definition) is 5. The zero-order chi connectivity index (χ0) is 16.1. The molecular weight excluding hydrogens is 316 g/mol. The van der Waals surface area contributed by atoms with Crippen molar-refractivity contribution in [3.63, 3.8) is 0 Å². The molecule has 1 saturated heterocycles. The van der Waals surface area contributed by atoms with Crippen LogP contribution in [0.5, 0.6) is 0 Å². The van der Waals surface area contributed by atoms with E-state index in [1.165, 1.54) is 0 Å². The second-order valence-corrected chi connectivity index (χ2v) is 5.72. The third-order valence-electron chi connectivity index (χ3n) is 3.51. The molecule has 2 aromatic rings. The van der Waals surface area contributed by atoms with Gasteiger partial charge in [0.15, 0.2) is 11.5 Å². The van der Waals surface area contributed by atoms with Crippen molar-refractivity contribution in [1.82, 2.24) is 15.5 Å². The van der Waals surface area contributed by atoms with Gasteiger partial charge < -0.3 is 15.4 Å². The Morgan fingerprint density at radius 3 is 2.91 bits per heavy atom. The van der Waals surface area contributed by atoms with E-state index in [9.17, 15) is 4.79 Å². The molecule has 2 N–H and O–H groups in total. The highest BCUT2D eigenvalue weighted by Crippen LogP contribution is 2.18. The summed E-state index contributed by atoms with van der Waals surface area (Å²) in [7, 11) is 0. The first kappa shape index (κ1) is 15.7. The molecule has 0 radical (unpaired) electrons. The molecule has 1 aromatic heterocycles. The number of aromatic nitrogens is 2. The van der Waals surface area contributed by atoms with Gasteiger partial charge in [-0.3, -0.25) is 4.79 Å². The van der Waals surface area contributed by atoms with E-state index >= 15 is 0 Å². The minimum absolute atomic E-state index is 0.107. The Hall–Kier alpha value is -2.18. The van der Waals surface area contributed by atoms with Crippen LogP contribution in [0.3, 0.4) is 0 Å². The summed E-state index contributed by atoms with van der Waals surface area (Å²) in [6.45, 7) is 1.27. The third kappa shape index (κ3) is 4.40. The summed E-state index contributed by atoms with van der Waals surface area (Å²) in [6.07, 6.45) is 2.13. The lowest BCUT2D eigenvalue weighted by Gasteiger charge is -2.10. The third-order valence-corrected chi connectivity index (χ3v) is 3.74. The molecule has 3 rings (SSSR count). The highest BCUT2D eigenvalue weighted by molar-refractivity contribution is 6.30. The molecule has 1 fully saturated rings. The molecule has 1 aromatic carbocycles. The van der Waals surface area contributed by atoms with Crippen molar-refractivity contribution in [1.29, 1.82) is 0 Å². The Bertz CT molecular complexity index is 672. The number of hydrogen-bond donors (Lipinski definition) is 2. The van der Waals surface area contributed by atoms with Crippen molar-refractivity contribution in [2.24, 2.45) is 0 Å². The number of benzene rings is 1. The minimum Gasteiger partial charge on any atom is -0.376 e. The largest absolute Gasteiger partial charge is 0.376 e. The van der Waals surface area contributed by atoms with Crippen LogP contribution in [0, 0.1) is 0 Å². The van der Waals surface area contributed by atoms with E-state index in [0.29, 0.717) is 17.4 Å². The summed E-state index contributed by atoms with van der Waals surface area (Å²) < 4.78 is 5.46. The van der Waals surface area contributed by atoms with Crippen LogP contribution in [-0.4, -0.2) is 35.4 Å². The first-order valence-corrected chi connectivity index (χ1v) is 7.84. The number of nitrogens with zero attached hydrogens (tertiary/aromatic N) is 2. The number of anilines is 2. The van der Waals surface area contributed by atoms with Crippen molar-refractivity contribution in [2.45, 2.75) is 18.9 Å². The summed E-state index contributed by atoms with van der Waals surface area (Å²) in [5.41, 5.74) is 1.09. The van der Waals surface area contributed by atoms with Gasteiger partial charge in [-0.2, -0.15) is 0 Å². The van der Waals surface area contributed by atoms with Gasteiger partial charge >= 0.3 is 0 Å². The maximum Gasteiger partial charge on any atom is 0.271 e. The first-order valence-electron chi connectivity index (χ1n) is 7.47. The Balaban J connectivity index is 1.56. The van der Waals surface area contributed by atoms with E-state index in [-0.39, 0.29) is 17.7 Å². The standard InChI is InChI=1S/C16H17ClN4O2/c17-11-3-1-4-12(9-11)19-15-7-6-14(20-21-15)16(22)18-10-13-5-2-8-23-13/h1,3-4,6-7,9,13H,2,5,8,10H2,(H,18,22)(H,19,21). The highest BCUT2D eigenvalue weighted by Gasteiger charge is 2.17. The maximum absolute atomic E-state index is 12.0. The highest BCUT2D eigenvalue weighted by atomic mass is 35.5. The van der Waals surface area contributed by atoms with E-state index in [4.69, 9.17) is 16.3 Å². The Labute approximate surface area is 139 Å². The molecule has 0 bridgehead atoms. The summed E-state index contributed by atoms with van der Waals surface area (Å²) in [5, 5.41) is 14.5. The molecule has 0 spiro atoms. The molecule has 120 valence electrons. The van der Waals surface area contributed by atoms with Gasteiger partial charge in [-0.15, -0.1) is 10.2 Å². The van der Waals surface area contributed by atoms with Crippen molar-refractivity contribution >= 4 is 29.0 Å². The molecule has 7 heteroatoms. The Morgan fingerprint density at radius 1 is 1.30 bits per heavy atom.